The van der Waals surface area contributed by atoms with E-state index in [2.05, 4.69) is 83.6 Å². The summed E-state index contributed by atoms with van der Waals surface area (Å²) in [6.45, 7) is 2.00. The Morgan fingerprint density at radius 1 is 0.840 bits per heavy atom. The third-order valence-corrected chi connectivity index (χ3v) is 4.48. The van der Waals surface area contributed by atoms with Crippen LogP contribution < -0.4 is 34.3 Å². The van der Waals surface area contributed by atoms with Crippen LogP contribution in [0.1, 0.15) is 42.1 Å². The van der Waals surface area contributed by atoms with Gasteiger partial charge in [0.25, 0.3) is 0 Å². The maximum absolute atomic E-state index is 5.98. The van der Waals surface area contributed by atoms with Gasteiger partial charge in [0, 0.05) is 24.5 Å². The van der Waals surface area contributed by atoms with Crippen molar-refractivity contribution >= 4 is 0 Å². The molecule has 130 valence electrons. The molecule has 0 aliphatic carbocycles. The van der Waals surface area contributed by atoms with Crippen molar-refractivity contribution < 1.29 is 28.5 Å². The van der Waals surface area contributed by atoms with Gasteiger partial charge in [-0.15, -0.1) is 0 Å². The molecule has 0 amide bonds. The van der Waals surface area contributed by atoms with Crippen LogP contribution in [0.5, 0.6) is 0 Å². The fourth-order valence-electron chi connectivity index (χ4n) is 3.15. The summed E-state index contributed by atoms with van der Waals surface area (Å²) in [5.74, 6) is 0.413. The van der Waals surface area contributed by atoms with Gasteiger partial charge in [0.05, 0.1) is 0 Å². The monoisotopic (exact) mass is 444 g/mol. The molecule has 1 atom stereocenters. The molecule has 2 N–H and O–H groups in total. The van der Waals surface area contributed by atoms with Crippen LogP contribution in [0.25, 0.3) is 0 Å². The number of hydrogen-bond donors (Lipinski definition) is 1. The molecular formula is C22H25IN2. The Morgan fingerprint density at radius 2 is 1.40 bits per heavy atom. The van der Waals surface area contributed by atoms with Gasteiger partial charge in [-0.1, -0.05) is 60.7 Å². The highest BCUT2D eigenvalue weighted by molar-refractivity contribution is 5.32. The van der Waals surface area contributed by atoms with Crippen molar-refractivity contribution in [2.75, 3.05) is 0 Å². The quantitative estimate of drug-likeness (QED) is 0.450. The first-order chi connectivity index (χ1) is 11.7. The van der Waals surface area contributed by atoms with E-state index in [1.54, 1.807) is 0 Å². The largest absolute Gasteiger partial charge is 1.00 e. The van der Waals surface area contributed by atoms with Gasteiger partial charge in [-0.05, 0) is 30.0 Å². The molecular weight excluding hydrogens is 419 g/mol. The number of rotatable bonds is 6. The fourth-order valence-corrected chi connectivity index (χ4v) is 3.15. The van der Waals surface area contributed by atoms with Gasteiger partial charge >= 0.3 is 0 Å². The lowest BCUT2D eigenvalue weighted by Crippen LogP contribution is -3.00. The van der Waals surface area contributed by atoms with Gasteiger partial charge in [0.2, 0.25) is 6.17 Å². The molecule has 3 heteroatoms. The first kappa shape index (κ1) is 19.6. The Morgan fingerprint density at radius 3 is 1.92 bits per heavy atom. The first-order valence-electron chi connectivity index (χ1n) is 8.59. The van der Waals surface area contributed by atoms with E-state index in [0.29, 0.717) is 5.92 Å². The van der Waals surface area contributed by atoms with Gasteiger partial charge < -0.3 is 24.0 Å². The van der Waals surface area contributed by atoms with E-state index >= 15 is 0 Å². The average molecular weight is 444 g/mol. The SMILES string of the molecule is CC(N)[n+]1cccc(CCC(c2ccccc2)c2ccccc2)c1.[I-]. The molecule has 1 aromatic heterocycles. The van der Waals surface area contributed by atoms with Crippen molar-refractivity contribution in [3.05, 3.63) is 102 Å². The minimum absolute atomic E-state index is 0. The van der Waals surface area contributed by atoms with Crippen molar-refractivity contribution in [3.8, 4) is 0 Å². The van der Waals surface area contributed by atoms with Crippen LogP contribution in [0.2, 0.25) is 0 Å². The number of pyridine rings is 1. The van der Waals surface area contributed by atoms with E-state index in [1.807, 2.05) is 13.1 Å². The number of aryl methyl sites for hydroxylation is 1. The van der Waals surface area contributed by atoms with Crippen molar-refractivity contribution in [2.45, 2.75) is 31.8 Å². The molecule has 25 heavy (non-hydrogen) atoms. The topological polar surface area (TPSA) is 29.9 Å². The molecule has 0 aliphatic rings. The average Bonchev–Trinajstić information content (AvgIpc) is 2.64. The maximum Gasteiger partial charge on any atom is 0.206 e. The van der Waals surface area contributed by atoms with E-state index in [1.165, 1.54) is 16.7 Å². The van der Waals surface area contributed by atoms with Crippen LogP contribution in [-0.4, -0.2) is 0 Å². The molecule has 3 aromatic rings. The van der Waals surface area contributed by atoms with Crippen LogP contribution in [0.3, 0.4) is 0 Å². The summed E-state index contributed by atoms with van der Waals surface area (Å²) in [7, 11) is 0. The molecule has 1 unspecified atom stereocenters. The van der Waals surface area contributed by atoms with Gasteiger partial charge in [-0.3, -0.25) is 5.73 Å². The number of benzene rings is 2. The van der Waals surface area contributed by atoms with Gasteiger partial charge in [0.1, 0.15) is 0 Å². The first-order valence-corrected chi connectivity index (χ1v) is 8.59. The van der Waals surface area contributed by atoms with E-state index in [-0.39, 0.29) is 30.1 Å². The summed E-state index contributed by atoms with van der Waals surface area (Å²) in [6, 6.07) is 25.8. The number of nitrogens with two attached hydrogens (primary N) is 1. The summed E-state index contributed by atoms with van der Waals surface area (Å²) >= 11 is 0. The standard InChI is InChI=1S/C22H25N2.HI/c1-18(23)24-16-8-9-19(17-24)14-15-22(20-10-4-2-5-11-20)21-12-6-3-7-13-21;/h2-13,16-18,22H,14-15,23H2,1H3;1H/q+1;/p-1. The molecule has 0 saturated carbocycles. The maximum atomic E-state index is 5.98. The lowest BCUT2D eigenvalue weighted by Gasteiger charge is -2.18. The molecule has 0 saturated heterocycles. The molecule has 0 radical (unpaired) electrons. The number of halogens is 1. The molecule has 1 heterocycles. The van der Waals surface area contributed by atoms with Crippen LogP contribution in [0.4, 0.5) is 0 Å². The van der Waals surface area contributed by atoms with Gasteiger partial charge in [-0.2, -0.15) is 4.57 Å². The van der Waals surface area contributed by atoms with Crippen LogP contribution in [0, 0.1) is 0 Å². The zero-order valence-electron chi connectivity index (χ0n) is 14.6. The minimum atomic E-state index is 0. The predicted molar refractivity (Wildman–Crippen MR) is 98.6 cm³/mol. The van der Waals surface area contributed by atoms with Crippen LogP contribution in [0.15, 0.2) is 85.2 Å². The van der Waals surface area contributed by atoms with Crippen LogP contribution in [-0.2, 0) is 6.42 Å². The van der Waals surface area contributed by atoms with Crippen molar-refractivity contribution in [2.24, 2.45) is 5.73 Å². The molecule has 0 fully saturated rings. The summed E-state index contributed by atoms with van der Waals surface area (Å²) < 4.78 is 2.06. The molecule has 2 nitrogen and oxygen atoms in total. The zero-order chi connectivity index (χ0) is 16.8. The molecule has 3 rings (SSSR count). The Bertz CT molecular complexity index is 718. The van der Waals surface area contributed by atoms with Crippen molar-refractivity contribution in [1.82, 2.24) is 0 Å². The normalized spacial score (nSPS) is 11.8. The van der Waals surface area contributed by atoms with E-state index in [9.17, 15) is 0 Å². The van der Waals surface area contributed by atoms with Crippen LogP contribution >= 0.6 is 0 Å². The number of hydrogen-bond acceptors (Lipinski definition) is 1. The summed E-state index contributed by atoms with van der Waals surface area (Å²) in [5, 5.41) is 0. The van der Waals surface area contributed by atoms with E-state index < -0.39 is 0 Å². The Balaban J connectivity index is 0.00000225. The molecule has 0 spiro atoms. The smallest absolute Gasteiger partial charge is 0.206 e. The van der Waals surface area contributed by atoms with Gasteiger partial charge in [-0.25, -0.2) is 0 Å². The second-order valence-corrected chi connectivity index (χ2v) is 6.31. The Kier molecular flexibility index (Phi) is 7.59. The van der Waals surface area contributed by atoms with Gasteiger partial charge in [0.15, 0.2) is 12.4 Å². The summed E-state index contributed by atoms with van der Waals surface area (Å²) in [5.41, 5.74) is 10.1. The van der Waals surface area contributed by atoms with E-state index in [0.717, 1.165) is 12.8 Å². The third-order valence-electron chi connectivity index (χ3n) is 4.48. The second-order valence-electron chi connectivity index (χ2n) is 6.31. The lowest BCUT2D eigenvalue weighted by atomic mass is 9.86. The highest BCUT2D eigenvalue weighted by Gasteiger charge is 2.15. The number of nitrogens with zero attached hydrogens (tertiary/aromatic N) is 1. The third kappa shape index (κ3) is 5.38. The highest BCUT2D eigenvalue weighted by atomic mass is 127. The Hall–Kier alpha value is -1.72. The number of aromatic nitrogens is 1. The lowest BCUT2D eigenvalue weighted by molar-refractivity contribution is -0.719. The highest BCUT2D eigenvalue weighted by Crippen LogP contribution is 2.29. The fraction of sp³-hybridized carbons (Fsp3) is 0.227. The second kappa shape index (κ2) is 9.68. The zero-order valence-corrected chi connectivity index (χ0v) is 16.7. The molecule has 0 aliphatic heterocycles. The predicted octanol–water partition coefficient (Wildman–Crippen LogP) is 1.22. The molecule has 2 aromatic carbocycles. The minimum Gasteiger partial charge on any atom is -1.00 e. The molecule has 0 bridgehead atoms. The van der Waals surface area contributed by atoms with Crippen molar-refractivity contribution in [3.63, 3.8) is 0 Å². The van der Waals surface area contributed by atoms with E-state index in [4.69, 9.17) is 5.73 Å². The Labute approximate surface area is 167 Å². The summed E-state index contributed by atoms with van der Waals surface area (Å²) in [6.07, 6.45) is 6.31. The summed E-state index contributed by atoms with van der Waals surface area (Å²) in [4.78, 5) is 0. The van der Waals surface area contributed by atoms with Crippen molar-refractivity contribution in [1.29, 1.82) is 0 Å².